The summed E-state index contributed by atoms with van der Waals surface area (Å²) in [6, 6.07) is 11.4. The Kier molecular flexibility index (Phi) is 4.62. The summed E-state index contributed by atoms with van der Waals surface area (Å²) in [7, 11) is 0. The Hall–Kier alpha value is -2.80. The molecule has 3 heterocycles. The Labute approximate surface area is 155 Å². The minimum Gasteiger partial charge on any atom is -0.469 e. The van der Waals surface area contributed by atoms with Gasteiger partial charge < -0.3 is 14.2 Å². The van der Waals surface area contributed by atoms with Gasteiger partial charge >= 0.3 is 0 Å². The summed E-state index contributed by atoms with van der Waals surface area (Å²) in [5, 5.41) is 9.01. The summed E-state index contributed by atoms with van der Waals surface area (Å²) >= 11 is 6.07. The topological polar surface area (TPSA) is 78.3 Å². The lowest BCUT2D eigenvalue weighted by atomic mass is 10.2. The predicted molar refractivity (Wildman–Crippen MR) is 100 cm³/mol. The molecule has 3 aromatic rings. The van der Waals surface area contributed by atoms with E-state index < -0.39 is 0 Å². The summed E-state index contributed by atoms with van der Waals surface area (Å²) in [6.45, 7) is 3.12. The molecule has 1 N–H and O–H groups in total. The second kappa shape index (κ2) is 7.21. The van der Waals surface area contributed by atoms with Crippen molar-refractivity contribution in [2.45, 2.75) is 6.42 Å². The fourth-order valence-corrected chi connectivity index (χ4v) is 3.22. The standard InChI is InChI=1S/C18H18ClN5O2/c19-13-3-1-4-14(11-13)23-6-8-24(9-7-23)18-20-17(25)16(21-22-18)12-15-5-2-10-26-15/h1-5,10-11H,6-9,12H2,(H,20,22,25). The van der Waals surface area contributed by atoms with Crippen molar-refractivity contribution in [3.8, 4) is 0 Å². The average molecular weight is 372 g/mol. The van der Waals surface area contributed by atoms with Crippen LogP contribution in [0.3, 0.4) is 0 Å². The van der Waals surface area contributed by atoms with Crippen molar-refractivity contribution in [3.63, 3.8) is 0 Å². The highest BCUT2D eigenvalue weighted by molar-refractivity contribution is 6.30. The van der Waals surface area contributed by atoms with Crippen LogP contribution in [0.5, 0.6) is 0 Å². The molecule has 134 valence electrons. The number of hydrogen-bond acceptors (Lipinski definition) is 6. The maximum atomic E-state index is 12.3. The largest absolute Gasteiger partial charge is 0.469 e. The minimum absolute atomic E-state index is 0.233. The number of rotatable bonds is 4. The molecule has 0 spiro atoms. The van der Waals surface area contributed by atoms with E-state index in [9.17, 15) is 4.79 Å². The summed E-state index contributed by atoms with van der Waals surface area (Å²) in [5.74, 6) is 1.19. The van der Waals surface area contributed by atoms with Gasteiger partial charge in [0.1, 0.15) is 11.5 Å². The van der Waals surface area contributed by atoms with E-state index in [2.05, 4.69) is 20.1 Å². The first-order chi connectivity index (χ1) is 12.7. The van der Waals surface area contributed by atoms with Crippen molar-refractivity contribution in [3.05, 3.63) is 69.5 Å². The molecule has 8 heteroatoms. The molecule has 0 saturated carbocycles. The van der Waals surface area contributed by atoms with Crippen molar-refractivity contribution >= 4 is 23.2 Å². The smallest absolute Gasteiger partial charge is 0.274 e. The Morgan fingerprint density at radius 1 is 1.08 bits per heavy atom. The van der Waals surface area contributed by atoms with Gasteiger partial charge in [-0.3, -0.25) is 9.78 Å². The van der Waals surface area contributed by atoms with Crippen molar-refractivity contribution in [2.24, 2.45) is 0 Å². The maximum Gasteiger partial charge on any atom is 0.274 e. The molecule has 2 aromatic heterocycles. The summed E-state index contributed by atoms with van der Waals surface area (Å²) in [5.41, 5.74) is 1.22. The molecule has 0 unspecified atom stereocenters. The number of aromatic nitrogens is 3. The zero-order chi connectivity index (χ0) is 17.9. The van der Waals surface area contributed by atoms with Gasteiger partial charge in [-0.25, -0.2) is 0 Å². The number of anilines is 2. The third kappa shape index (κ3) is 3.57. The second-order valence-electron chi connectivity index (χ2n) is 6.13. The molecular formula is C18H18ClN5O2. The van der Waals surface area contributed by atoms with Crippen molar-refractivity contribution in [1.82, 2.24) is 15.2 Å². The van der Waals surface area contributed by atoms with E-state index >= 15 is 0 Å². The van der Waals surface area contributed by atoms with E-state index in [1.807, 2.05) is 35.2 Å². The normalized spacial score (nSPS) is 14.7. The lowest BCUT2D eigenvalue weighted by Gasteiger charge is -2.36. The lowest BCUT2D eigenvalue weighted by molar-refractivity contribution is 0.517. The molecule has 1 aliphatic heterocycles. The van der Waals surface area contributed by atoms with Crippen LogP contribution in [0.4, 0.5) is 11.6 Å². The number of halogens is 1. The van der Waals surface area contributed by atoms with Crippen molar-refractivity contribution in [2.75, 3.05) is 36.0 Å². The van der Waals surface area contributed by atoms with Crippen molar-refractivity contribution in [1.29, 1.82) is 0 Å². The molecule has 7 nitrogen and oxygen atoms in total. The van der Waals surface area contributed by atoms with Crippen LogP contribution in [-0.4, -0.2) is 41.4 Å². The van der Waals surface area contributed by atoms with Crippen LogP contribution in [0.1, 0.15) is 11.5 Å². The SMILES string of the molecule is O=c1[nH]c(N2CCN(c3cccc(Cl)c3)CC2)nnc1Cc1ccco1. The first-order valence-corrected chi connectivity index (χ1v) is 8.80. The molecule has 1 aromatic carbocycles. The Bertz CT molecular complexity index is 933. The molecule has 0 bridgehead atoms. The van der Waals surface area contributed by atoms with Gasteiger partial charge in [-0.2, -0.15) is 0 Å². The molecular weight excluding hydrogens is 354 g/mol. The molecule has 0 atom stereocenters. The van der Waals surface area contributed by atoms with E-state index in [0.29, 0.717) is 23.8 Å². The molecule has 0 aliphatic carbocycles. The van der Waals surface area contributed by atoms with Gasteiger partial charge in [-0.05, 0) is 30.3 Å². The molecule has 0 amide bonds. The number of aromatic amines is 1. The van der Waals surface area contributed by atoms with E-state index in [1.54, 1.807) is 12.3 Å². The van der Waals surface area contributed by atoms with E-state index in [-0.39, 0.29) is 5.56 Å². The third-order valence-electron chi connectivity index (χ3n) is 4.43. The Morgan fingerprint density at radius 2 is 1.88 bits per heavy atom. The Morgan fingerprint density at radius 3 is 2.58 bits per heavy atom. The summed E-state index contributed by atoms with van der Waals surface area (Å²) in [4.78, 5) is 19.4. The average Bonchev–Trinajstić information content (AvgIpc) is 3.17. The van der Waals surface area contributed by atoms with Gasteiger partial charge in [-0.1, -0.05) is 17.7 Å². The molecule has 1 fully saturated rings. The summed E-state index contributed by atoms with van der Waals surface area (Å²) < 4.78 is 5.26. The first-order valence-electron chi connectivity index (χ1n) is 8.43. The van der Waals surface area contributed by atoms with E-state index in [1.165, 1.54) is 0 Å². The second-order valence-corrected chi connectivity index (χ2v) is 6.57. The molecule has 4 rings (SSSR count). The minimum atomic E-state index is -0.233. The van der Waals surface area contributed by atoms with Gasteiger partial charge in [0.25, 0.3) is 5.56 Å². The van der Waals surface area contributed by atoms with Crippen LogP contribution >= 0.6 is 11.6 Å². The van der Waals surface area contributed by atoms with Gasteiger partial charge in [-0.15, -0.1) is 10.2 Å². The van der Waals surface area contributed by atoms with Gasteiger partial charge in [0.15, 0.2) is 0 Å². The lowest BCUT2D eigenvalue weighted by Crippen LogP contribution is -2.47. The van der Waals surface area contributed by atoms with Gasteiger partial charge in [0.2, 0.25) is 5.95 Å². The monoisotopic (exact) mass is 371 g/mol. The van der Waals surface area contributed by atoms with Crippen LogP contribution in [0, 0.1) is 0 Å². The Balaban J connectivity index is 1.43. The number of benzene rings is 1. The fraction of sp³-hybridized carbons (Fsp3) is 0.278. The van der Waals surface area contributed by atoms with Crippen LogP contribution in [0.2, 0.25) is 5.02 Å². The molecule has 1 aliphatic rings. The third-order valence-corrected chi connectivity index (χ3v) is 4.66. The molecule has 0 radical (unpaired) electrons. The maximum absolute atomic E-state index is 12.3. The number of H-pyrrole nitrogens is 1. The fourth-order valence-electron chi connectivity index (χ4n) is 3.04. The first kappa shape index (κ1) is 16.7. The van der Waals surface area contributed by atoms with Gasteiger partial charge in [0, 0.05) is 36.9 Å². The predicted octanol–water partition coefficient (Wildman–Crippen LogP) is 2.33. The zero-order valence-electron chi connectivity index (χ0n) is 14.1. The van der Waals surface area contributed by atoms with Crippen LogP contribution in [-0.2, 0) is 6.42 Å². The van der Waals surface area contributed by atoms with Gasteiger partial charge in [0.05, 0.1) is 12.7 Å². The quantitative estimate of drug-likeness (QED) is 0.758. The number of hydrogen-bond donors (Lipinski definition) is 1. The molecule has 26 heavy (non-hydrogen) atoms. The summed E-state index contributed by atoms with van der Waals surface area (Å²) in [6.07, 6.45) is 1.91. The number of nitrogens with one attached hydrogen (secondary N) is 1. The number of nitrogens with zero attached hydrogens (tertiary/aromatic N) is 4. The van der Waals surface area contributed by atoms with Crippen LogP contribution < -0.4 is 15.4 Å². The highest BCUT2D eigenvalue weighted by Crippen LogP contribution is 2.21. The highest BCUT2D eigenvalue weighted by atomic mass is 35.5. The zero-order valence-corrected chi connectivity index (χ0v) is 14.8. The van der Waals surface area contributed by atoms with Crippen LogP contribution in [0.25, 0.3) is 0 Å². The van der Waals surface area contributed by atoms with E-state index in [4.69, 9.17) is 16.0 Å². The van der Waals surface area contributed by atoms with E-state index in [0.717, 1.165) is 36.9 Å². The van der Waals surface area contributed by atoms with Crippen molar-refractivity contribution < 1.29 is 4.42 Å². The number of furan rings is 1. The number of piperazine rings is 1. The van der Waals surface area contributed by atoms with Crippen LogP contribution in [0.15, 0.2) is 51.9 Å². The molecule has 1 saturated heterocycles. The highest BCUT2D eigenvalue weighted by Gasteiger charge is 2.20.